The van der Waals surface area contributed by atoms with Gasteiger partial charge in [0.1, 0.15) is 15.6 Å². The Morgan fingerprint density at radius 3 is 2.34 bits per heavy atom. The number of methoxy groups -OCH3 is 2. The number of nitrogens with zero attached hydrogens (tertiary/aromatic N) is 3. The van der Waals surface area contributed by atoms with Crippen molar-refractivity contribution < 1.29 is 37.0 Å². The van der Waals surface area contributed by atoms with Crippen molar-refractivity contribution in [2.75, 3.05) is 19.5 Å². The van der Waals surface area contributed by atoms with E-state index >= 15 is 0 Å². The van der Waals surface area contributed by atoms with E-state index in [9.17, 15) is 27.6 Å². The van der Waals surface area contributed by atoms with E-state index in [1.54, 1.807) is 0 Å². The maximum absolute atomic E-state index is 13.4. The Morgan fingerprint density at radius 2 is 1.78 bits per heavy atom. The summed E-state index contributed by atoms with van der Waals surface area (Å²) in [5, 5.41) is 6.12. The molecule has 170 valence electrons. The van der Waals surface area contributed by atoms with Crippen LogP contribution in [-0.2, 0) is 15.7 Å². The number of anilines is 1. The highest BCUT2D eigenvalue weighted by molar-refractivity contribution is 9.10. The molecule has 14 heteroatoms. The highest BCUT2D eigenvalue weighted by Gasteiger charge is 2.36. The van der Waals surface area contributed by atoms with Gasteiger partial charge in [0.2, 0.25) is 0 Å². The van der Waals surface area contributed by atoms with Crippen molar-refractivity contribution in [3.8, 4) is 0 Å². The maximum Gasteiger partial charge on any atom is 0.433 e. The number of aryl methyl sites for hydroxylation is 1. The topological polar surface area (TPSA) is 112 Å². The van der Waals surface area contributed by atoms with Gasteiger partial charge in [-0.05, 0) is 41.4 Å². The van der Waals surface area contributed by atoms with Gasteiger partial charge in [-0.1, -0.05) is 0 Å². The first kappa shape index (κ1) is 23.7. The Hall–Kier alpha value is -3.00. The largest absolute Gasteiger partial charge is 0.465 e. The van der Waals surface area contributed by atoms with Crippen LogP contribution in [0.5, 0.6) is 0 Å². The number of thiophene rings is 1. The van der Waals surface area contributed by atoms with Gasteiger partial charge < -0.3 is 14.8 Å². The molecular formula is C18H14BrF3N4O5S. The molecule has 1 N–H and O–H groups in total. The molecule has 3 aromatic heterocycles. The summed E-state index contributed by atoms with van der Waals surface area (Å²) in [6.07, 6.45) is -4.75. The number of esters is 2. The quantitative estimate of drug-likeness (QED) is 0.503. The zero-order valence-electron chi connectivity index (χ0n) is 16.9. The molecule has 0 saturated heterocycles. The SMILES string of the molecule is COC(=O)c1sc(NC(=O)c2nn3c(C(F)(F)F)cc(C)nc3c2Br)c(C(=O)OC)c1C. The number of fused-ring (bicyclic) bond motifs is 1. The zero-order valence-corrected chi connectivity index (χ0v) is 19.3. The van der Waals surface area contributed by atoms with Crippen LogP contribution < -0.4 is 5.32 Å². The molecule has 1 amide bonds. The number of hydrogen-bond acceptors (Lipinski definition) is 8. The van der Waals surface area contributed by atoms with Gasteiger partial charge in [-0.3, -0.25) is 4.79 Å². The predicted octanol–water partition coefficient (Wildman–Crippen LogP) is 4.01. The normalized spacial score (nSPS) is 11.5. The summed E-state index contributed by atoms with van der Waals surface area (Å²) < 4.78 is 50.1. The van der Waals surface area contributed by atoms with E-state index in [2.05, 4.69) is 36.1 Å². The van der Waals surface area contributed by atoms with Crippen LogP contribution >= 0.6 is 27.3 Å². The van der Waals surface area contributed by atoms with Gasteiger partial charge in [0.15, 0.2) is 11.3 Å². The van der Waals surface area contributed by atoms with Crippen molar-refractivity contribution in [3.63, 3.8) is 0 Å². The second-order valence-corrected chi connectivity index (χ2v) is 8.19. The van der Waals surface area contributed by atoms with Gasteiger partial charge in [0, 0.05) is 5.69 Å². The fourth-order valence-electron chi connectivity index (χ4n) is 2.86. The van der Waals surface area contributed by atoms with Gasteiger partial charge in [0.05, 0.1) is 24.3 Å². The fourth-order valence-corrected chi connectivity index (χ4v) is 4.48. The molecule has 3 heterocycles. The first-order chi connectivity index (χ1) is 14.9. The van der Waals surface area contributed by atoms with Crippen LogP contribution in [0.3, 0.4) is 0 Å². The third kappa shape index (κ3) is 4.07. The number of aromatic nitrogens is 3. The molecule has 3 aromatic rings. The van der Waals surface area contributed by atoms with Crippen molar-refractivity contribution in [2.24, 2.45) is 0 Å². The number of amides is 1. The summed E-state index contributed by atoms with van der Waals surface area (Å²) in [4.78, 5) is 41.1. The van der Waals surface area contributed by atoms with E-state index in [4.69, 9.17) is 4.74 Å². The van der Waals surface area contributed by atoms with Gasteiger partial charge >= 0.3 is 18.1 Å². The number of rotatable bonds is 4. The average molecular weight is 535 g/mol. The van der Waals surface area contributed by atoms with Gasteiger partial charge in [-0.2, -0.15) is 18.3 Å². The number of carbonyl (C=O) groups excluding carboxylic acids is 3. The molecular weight excluding hydrogens is 521 g/mol. The number of nitrogens with one attached hydrogen (secondary N) is 1. The van der Waals surface area contributed by atoms with Gasteiger partial charge in [0.25, 0.3) is 5.91 Å². The van der Waals surface area contributed by atoms with Gasteiger partial charge in [-0.25, -0.2) is 19.1 Å². The maximum atomic E-state index is 13.4. The third-order valence-corrected chi connectivity index (χ3v) is 6.22. The van der Waals surface area contributed by atoms with E-state index in [1.165, 1.54) is 13.8 Å². The average Bonchev–Trinajstić information content (AvgIpc) is 3.22. The Labute approximate surface area is 190 Å². The molecule has 3 rings (SSSR count). The highest BCUT2D eigenvalue weighted by Crippen LogP contribution is 2.36. The first-order valence-electron chi connectivity index (χ1n) is 8.65. The minimum Gasteiger partial charge on any atom is -0.465 e. The molecule has 0 bridgehead atoms. The molecule has 0 atom stereocenters. The molecule has 0 aromatic carbocycles. The van der Waals surface area contributed by atoms with Crippen LogP contribution in [-0.4, -0.2) is 46.7 Å². The molecule has 0 saturated carbocycles. The van der Waals surface area contributed by atoms with Crippen LogP contribution in [0.2, 0.25) is 0 Å². The smallest absolute Gasteiger partial charge is 0.433 e. The Kier molecular flexibility index (Phi) is 6.29. The van der Waals surface area contributed by atoms with Crippen molar-refractivity contribution in [1.82, 2.24) is 14.6 Å². The van der Waals surface area contributed by atoms with Crippen molar-refractivity contribution >= 4 is 55.8 Å². The minimum atomic E-state index is -4.75. The van der Waals surface area contributed by atoms with Crippen LogP contribution in [0.1, 0.15) is 47.5 Å². The Balaban J connectivity index is 2.11. The molecule has 0 aliphatic heterocycles. The number of ether oxygens (including phenoxy) is 2. The number of hydrogen-bond donors (Lipinski definition) is 1. The van der Waals surface area contributed by atoms with Gasteiger partial charge in [-0.15, -0.1) is 11.3 Å². The van der Waals surface area contributed by atoms with Crippen molar-refractivity contribution in [1.29, 1.82) is 0 Å². The summed E-state index contributed by atoms with van der Waals surface area (Å²) in [6, 6.07) is 0.800. The monoisotopic (exact) mass is 534 g/mol. The molecule has 9 nitrogen and oxygen atoms in total. The van der Waals surface area contributed by atoms with E-state index < -0.39 is 35.4 Å². The van der Waals surface area contributed by atoms with E-state index in [0.29, 0.717) is 4.52 Å². The molecule has 0 spiro atoms. The standard InChI is InChI=1S/C18H14BrF3N4O5S/c1-6-5-8(18(20,21)22)26-13(23-6)10(19)11(25-26)14(27)24-15-9(16(28)30-3)7(2)12(32-15)17(29)31-4/h5H,1-4H3,(H,24,27). The molecule has 0 fully saturated rings. The number of halogens is 4. The lowest BCUT2D eigenvalue weighted by atomic mass is 10.1. The molecule has 0 aliphatic carbocycles. The molecule has 0 aliphatic rings. The molecule has 0 radical (unpaired) electrons. The highest BCUT2D eigenvalue weighted by atomic mass is 79.9. The Morgan fingerprint density at radius 1 is 1.16 bits per heavy atom. The number of alkyl halides is 3. The van der Waals surface area contributed by atoms with Crippen LogP contribution in [0.25, 0.3) is 5.65 Å². The first-order valence-corrected chi connectivity index (χ1v) is 10.3. The van der Waals surface area contributed by atoms with E-state index in [-0.39, 0.29) is 36.8 Å². The van der Waals surface area contributed by atoms with Crippen molar-refractivity contribution in [2.45, 2.75) is 20.0 Å². The third-order valence-electron chi connectivity index (χ3n) is 4.30. The summed E-state index contributed by atoms with van der Waals surface area (Å²) in [7, 11) is 2.27. The van der Waals surface area contributed by atoms with E-state index in [0.717, 1.165) is 31.6 Å². The van der Waals surface area contributed by atoms with Crippen molar-refractivity contribution in [3.05, 3.63) is 43.6 Å². The fraction of sp³-hybridized carbons (Fsp3) is 0.278. The summed E-state index contributed by atoms with van der Waals surface area (Å²) in [5.41, 5.74) is -1.54. The second kappa shape index (κ2) is 8.50. The van der Waals surface area contributed by atoms with E-state index in [1.807, 2.05) is 0 Å². The van der Waals surface area contributed by atoms with Crippen LogP contribution in [0.15, 0.2) is 10.5 Å². The molecule has 32 heavy (non-hydrogen) atoms. The minimum absolute atomic E-state index is 0.0499. The second-order valence-electron chi connectivity index (χ2n) is 6.38. The summed E-state index contributed by atoms with van der Waals surface area (Å²) in [6.45, 7) is 2.84. The predicted molar refractivity (Wildman–Crippen MR) is 110 cm³/mol. The Bertz CT molecular complexity index is 1270. The summed E-state index contributed by atoms with van der Waals surface area (Å²) >= 11 is 3.84. The lowest BCUT2D eigenvalue weighted by molar-refractivity contribution is -0.142. The number of carbonyl (C=O) groups is 3. The molecule has 0 unspecified atom stereocenters. The lowest BCUT2D eigenvalue weighted by Crippen LogP contribution is -2.16. The van der Waals surface area contributed by atoms with Crippen LogP contribution in [0, 0.1) is 13.8 Å². The summed E-state index contributed by atoms with van der Waals surface area (Å²) in [5.74, 6) is -2.49. The zero-order chi connectivity index (χ0) is 24.0. The lowest BCUT2D eigenvalue weighted by Gasteiger charge is -2.09. The van der Waals surface area contributed by atoms with Crippen LogP contribution in [0.4, 0.5) is 18.2 Å².